The number of allylic oxidation sites excluding steroid dienone is 1. The van der Waals surface area contributed by atoms with Gasteiger partial charge in [0.15, 0.2) is 11.6 Å². The third-order valence-corrected chi connectivity index (χ3v) is 2.34. The Morgan fingerprint density at radius 3 is 2.44 bits per heavy atom. The molecule has 0 amide bonds. The minimum absolute atomic E-state index is 0.0807. The van der Waals surface area contributed by atoms with E-state index < -0.39 is 17.5 Å². The molecule has 0 saturated carbocycles. The molecule has 0 aliphatic carbocycles. The van der Waals surface area contributed by atoms with Gasteiger partial charge in [-0.15, -0.1) is 0 Å². The van der Waals surface area contributed by atoms with Crippen LogP contribution in [0.25, 0.3) is 6.08 Å². The molecule has 0 radical (unpaired) electrons. The van der Waals surface area contributed by atoms with E-state index in [-0.39, 0.29) is 11.1 Å². The standard InChI is InChI=1S/C12H11F3O/c1-3-8(6-16)4-9-7(2)12(15)11(14)5-10(9)13/h4-6H,3H2,1-2H3/b8-4+. The monoisotopic (exact) mass is 228 g/mol. The summed E-state index contributed by atoms with van der Waals surface area (Å²) in [6.07, 6.45) is 2.21. The lowest BCUT2D eigenvalue weighted by Gasteiger charge is -2.06. The average Bonchev–Trinajstić information content (AvgIpc) is 2.27. The molecule has 16 heavy (non-hydrogen) atoms. The molecule has 1 aromatic rings. The van der Waals surface area contributed by atoms with Gasteiger partial charge in [-0.2, -0.15) is 0 Å². The van der Waals surface area contributed by atoms with Gasteiger partial charge in [0.05, 0.1) is 0 Å². The van der Waals surface area contributed by atoms with Crippen LogP contribution in [0.2, 0.25) is 0 Å². The molecular formula is C12H11F3O. The number of hydrogen-bond donors (Lipinski definition) is 0. The van der Waals surface area contributed by atoms with Gasteiger partial charge in [0, 0.05) is 11.6 Å². The van der Waals surface area contributed by atoms with E-state index in [4.69, 9.17) is 0 Å². The zero-order valence-corrected chi connectivity index (χ0v) is 8.98. The van der Waals surface area contributed by atoms with E-state index in [9.17, 15) is 18.0 Å². The minimum atomic E-state index is -1.23. The Hall–Kier alpha value is -1.58. The Balaban J connectivity index is 3.40. The van der Waals surface area contributed by atoms with E-state index in [1.807, 2.05) is 0 Å². The van der Waals surface area contributed by atoms with E-state index in [1.165, 1.54) is 13.0 Å². The molecule has 0 aromatic heterocycles. The summed E-state index contributed by atoms with van der Waals surface area (Å²) in [7, 11) is 0. The smallest absolute Gasteiger partial charge is 0.162 e. The predicted octanol–water partition coefficient (Wildman–Crippen LogP) is 3.40. The van der Waals surface area contributed by atoms with Gasteiger partial charge in [-0.05, 0) is 30.6 Å². The topological polar surface area (TPSA) is 17.1 Å². The Morgan fingerprint density at radius 1 is 1.31 bits per heavy atom. The molecule has 0 unspecified atom stereocenters. The largest absolute Gasteiger partial charge is 0.298 e. The summed E-state index contributed by atoms with van der Waals surface area (Å²) in [6.45, 7) is 2.98. The first kappa shape index (κ1) is 12.5. The Bertz CT molecular complexity index is 450. The van der Waals surface area contributed by atoms with Gasteiger partial charge in [-0.3, -0.25) is 4.79 Å². The molecule has 0 atom stereocenters. The van der Waals surface area contributed by atoms with E-state index in [0.29, 0.717) is 24.3 Å². The number of carbonyl (C=O) groups is 1. The first-order chi connectivity index (χ1) is 7.51. The molecule has 0 aliphatic rings. The van der Waals surface area contributed by atoms with Crippen LogP contribution in [0.3, 0.4) is 0 Å². The van der Waals surface area contributed by atoms with Crippen LogP contribution in [0, 0.1) is 24.4 Å². The van der Waals surface area contributed by atoms with Crippen molar-refractivity contribution in [2.24, 2.45) is 0 Å². The van der Waals surface area contributed by atoms with Crippen molar-refractivity contribution >= 4 is 12.4 Å². The highest BCUT2D eigenvalue weighted by atomic mass is 19.2. The third-order valence-electron chi connectivity index (χ3n) is 2.34. The maximum atomic E-state index is 13.4. The van der Waals surface area contributed by atoms with Crippen molar-refractivity contribution in [2.75, 3.05) is 0 Å². The minimum Gasteiger partial charge on any atom is -0.298 e. The fourth-order valence-electron chi connectivity index (χ4n) is 1.31. The number of aldehydes is 1. The van der Waals surface area contributed by atoms with Crippen LogP contribution in [0.5, 0.6) is 0 Å². The predicted molar refractivity (Wildman–Crippen MR) is 55.4 cm³/mol. The Kier molecular flexibility index (Phi) is 3.88. The van der Waals surface area contributed by atoms with E-state index >= 15 is 0 Å². The van der Waals surface area contributed by atoms with Gasteiger partial charge in [0.25, 0.3) is 0 Å². The molecule has 86 valence electrons. The summed E-state index contributed by atoms with van der Waals surface area (Å²) in [6, 6.07) is 0.478. The summed E-state index contributed by atoms with van der Waals surface area (Å²) in [5.74, 6) is -3.19. The lowest BCUT2D eigenvalue weighted by Crippen LogP contribution is -1.98. The van der Waals surface area contributed by atoms with Crippen molar-refractivity contribution in [1.29, 1.82) is 0 Å². The second-order valence-electron chi connectivity index (χ2n) is 3.38. The van der Waals surface area contributed by atoms with Crippen LogP contribution in [0.15, 0.2) is 11.6 Å². The van der Waals surface area contributed by atoms with Crippen molar-refractivity contribution in [2.45, 2.75) is 20.3 Å². The lowest BCUT2D eigenvalue weighted by molar-refractivity contribution is -0.104. The third kappa shape index (κ3) is 2.32. The molecule has 1 nitrogen and oxygen atoms in total. The number of halogens is 3. The molecular weight excluding hydrogens is 217 g/mol. The summed E-state index contributed by atoms with van der Waals surface area (Å²) >= 11 is 0. The number of rotatable bonds is 3. The Labute approximate surface area is 91.6 Å². The van der Waals surface area contributed by atoms with E-state index in [1.54, 1.807) is 6.92 Å². The zero-order valence-electron chi connectivity index (χ0n) is 8.98. The van der Waals surface area contributed by atoms with Gasteiger partial charge in [0.1, 0.15) is 12.1 Å². The van der Waals surface area contributed by atoms with Crippen molar-refractivity contribution in [3.8, 4) is 0 Å². The van der Waals surface area contributed by atoms with Crippen molar-refractivity contribution in [3.63, 3.8) is 0 Å². The van der Waals surface area contributed by atoms with Crippen LogP contribution >= 0.6 is 0 Å². The number of hydrogen-bond acceptors (Lipinski definition) is 1. The molecule has 0 heterocycles. The molecule has 0 spiro atoms. The Morgan fingerprint density at radius 2 is 1.94 bits per heavy atom. The lowest BCUT2D eigenvalue weighted by atomic mass is 10.0. The highest BCUT2D eigenvalue weighted by Gasteiger charge is 2.14. The zero-order chi connectivity index (χ0) is 12.3. The highest BCUT2D eigenvalue weighted by molar-refractivity contribution is 5.82. The van der Waals surface area contributed by atoms with Crippen molar-refractivity contribution in [1.82, 2.24) is 0 Å². The van der Waals surface area contributed by atoms with E-state index in [2.05, 4.69) is 0 Å². The van der Waals surface area contributed by atoms with Crippen molar-refractivity contribution in [3.05, 3.63) is 40.2 Å². The summed E-state index contributed by atoms with van der Waals surface area (Å²) in [5.41, 5.74) is 0.112. The van der Waals surface area contributed by atoms with Gasteiger partial charge in [-0.1, -0.05) is 6.92 Å². The van der Waals surface area contributed by atoms with Gasteiger partial charge >= 0.3 is 0 Å². The molecule has 1 rings (SSSR count). The van der Waals surface area contributed by atoms with E-state index in [0.717, 1.165) is 0 Å². The first-order valence-corrected chi connectivity index (χ1v) is 4.81. The fourth-order valence-corrected chi connectivity index (χ4v) is 1.31. The maximum Gasteiger partial charge on any atom is 0.162 e. The molecule has 1 aromatic carbocycles. The molecule has 4 heteroatoms. The van der Waals surface area contributed by atoms with Crippen molar-refractivity contribution < 1.29 is 18.0 Å². The normalized spacial score (nSPS) is 11.7. The second kappa shape index (κ2) is 4.96. The van der Waals surface area contributed by atoms with Gasteiger partial charge in [-0.25, -0.2) is 13.2 Å². The van der Waals surface area contributed by atoms with Crippen LogP contribution in [-0.4, -0.2) is 6.29 Å². The maximum absolute atomic E-state index is 13.4. The number of benzene rings is 1. The summed E-state index contributed by atoms with van der Waals surface area (Å²) in [4.78, 5) is 10.6. The molecule has 0 saturated heterocycles. The van der Waals surface area contributed by atoms with Crippen LogP contribution in [0.1, 0.15) is 24.5 Å². The SMILES string of the molecule is CC/C(C=O)=C\c1c(F)cc(F)c(F)c1C. The van der Waals surface area contributed by atoms with Gasteiger partial charge in [0.2, 0.25) is 0 Å². The molecule has 0 fully saturated rings. The second-order valence-corrected chi connectivity index (χ2v) is 3.38. The first-order valence-electron chi connectivity index (χ1n) is 4.81. The average molecular weight is 228 g/mol. The van der Waals surface area contributed by atoms with Crippen LogP contribution in [-0.2, 0) is 4.79 Å². The molecule has 0 bridgehead atoms. The van der Waals surface area contributed by atoms with Crippen LogP contribution < -0.4 is 0 Å². The molecule has 0 N–H and O–H groups in total. The highest BCUT2D eigenvalue weighted by Crippen LogP contribution is 2.22. The quantitative estimate of drug-likeness (QED) is 0.440. The van der Waals surface area contributed by atoms with Gasteiger partial charge < -0.3 is 0 Å². The number of carbonyl (C=O) groups excluding carboxylic acids is 1. The van der Waals surface area contributed by atoms with Crippen LogP contribution in [0.4, 0.5) is 13.2 Å². The summed E-state index contributed by atoms with van der Waals surface area (Å²) in [5, 5.41) is 0. The molecule has 0 aliphatic heterocycles. The fraction of sp³-hybridized carbons (Fsp3) is 0.250. The summed E-state index contributed by atoms with van der Waals surface area (Å²) < 4.78 is 39.3.